The molecule has 36 heavy (non-hydrogen) atoms. The molecule has 0 radical (unpaired) electrons. The van der Waals surface area contributed by atoms with E-state index in [0.717, 1.165) is 18.5 Å². The molecule has 1 unspecified atom stereocenters. The van der Waals surface area contributed by atoms with E-state index in [1.165, 1.54) is 29.7 Å². The number of nitrogen functional groups attached to an aromatic ring is 1. The van der Waals surface area contributed by atoms with Crippen LogP contribution in [-0.2, 0) is 11.2 Å². The van der Waals surface area contributed by atoms with Gasteiger partial charge in [0.1, 0.15) is 17.5 Å². The number of nitrogens with one attached hydrogen (secondary N) is 1. The topological polar surface area (TPSA) is 86.3 Å². The van der Waals surface area contributed by atoms with Crippen molar-refractivity contribution >= 4 is 11.6 Å². The maximum Gasteiger partial charge on any atom is 0.256 e. The van der Waals surface area contributed by atoms with Crippen LogP contribution in [0, 0.1) is 5.41 Å². The fourth-order valence-corrected chi connectivity index (χ4v) is 3.96. The molecule has 1 aliphatic rings. The van der Waals surface area contributed by atoms with Crippen molar-refractivity contribution in [2.75, 3.05) is 18.9 Å². The number of Topliss-reactive ketones (excluding diaryl/α,β-unsaturated/α-hetero) is 1. The molecule has 194 valence electrons. The van der Waals surface area contributed by atoms with Crippen molar-refractivity contribution in [3.8, 4) is 5.69 Å². The molecule has 1 aromatic carbocycles. The molecule has 1 aliphatic carbocycles. The van der Waals surface area contributed by atoms with Gasteiger partial charge in [-0.1, -0.05) is 12.1 Å². The van der Waals surface area contributed by atoms with E-state index >= 15 is 0 Å². The first-order valence-corrected chi connectivity index (χ1v) is 12.1. The van der Waals surface area contributed by atoms with Crippen molar-refractivity contribution in [3.63, 3.8) is 0 Å². The number of nitrogens with two attached hydrogens (primary N) is 1. The van der Waals surface area contributed by atoms with Crippen LogP contribution in [0.4, 0.5) is 14.6 Å². The number of pyridine rings is 1. The summed E-state index contributed by atoms with van der Waals surface area (Å²) in [5.41, 5.74) is 5.64. The monoisotopic (exact) mass is 499 g/mol. The van der Waals surface area contributed by atoms with Crippen molar-refractivity contribution in [1.29, 1.82) is 0 Å². The van der Waals surface area contributed by atoms with E-state index in [-0.39, 0.29) is 29.4 Å². The molecular formula is C28H35F2N3O3. The number of allylic oxidation sites excluding steroid dienone is 4. The molecular weight excluding hydrogens is 464 g/mol. The number of nitrogens with zero attached hydrogens (tertiary/aromatic N) is 1. The molecule has 3 rings (SSSR count). The Hall–Kier alpha value is -3.10. The average Bonchev–Trinajstić information content (AvgIpc) is 2.80. The number of anilines is 1. The van der Waals surface area contributed by atoms with Crippen LogP contribution in [0.25, 0.3) is 5.69 Å². The summed E-state index contributed by atoms with van der Waals surface area (Å²) in [6.45, 7) is 10.9. The van der Waals surface area contributed by atoms with Crippen molar-refractivity contribution in [3.05, 3.63) is 81.7 Å². The highest BCUT2D eigenvalue weighted by atomic mass is 19.1. The van der Waals surface area contributed by atoms with Gasteiger partial charge in [0.25, 0.3) is 5.56 Å². The summed E-state index contributed by atoms with van der Waals surface area (Å²) in [7, 11) is 0. The molecule has 0 bridgehead atoms. The maximum atomic E-state index is 14.6. The summed E-state index contributed by atoms with van der Waals surface area (Å²) in [6.07, 6.45) is 2.51. The Kier molecular flexibility index (Phi) is 8.31. The highest BCUT2D eigenvalue weighted by molar-refractivity contribution is 6.05. The van der Waals surface area contributed by atoms with Crippen LogP contribution < -0.4 is 16.6 Å². The Labute approximate surface area is 210 Å². The van der Waals surface area contributed by atoms with Gasteiger partial charge in [0.2, 0.25) is 0 Å². The Morgan fingerprint density at radius 1 is 1.19 bits per heavy atom. The van der Waals surface area contributed by atoms with Crippen LogP contribution in [0.2, 0.25) is 0 Å². The summed E-state index contributed by atoms with van der Waals surface area (Å²) in [5, 5.41) is 3.43. The van der Waals surface area contributed by atoms with Crippen LogP contribution in [0.5, 0.6) is 0 Å². The minimum Gasteiger partial charge on any atom is -0.384 e. The molecule has 2 atom stereocenters. The number of halogens is 2. The van der Waals surface area contributed by atoms with Gasteiger partial charge in [0.05, 0.1) is 28.9 Å². The maximum absolute atomic E-state index is 14.6. The molecule has 6 nitrogen and oxygen atoms in total. The van der Waals surface area contributed by atoms with Crippen LogP contribution in [0.15, 0.2) is 65.0 Å². The number of carbonyl (C=O) groups is 1. The van der Waals surface area contributed by atoms with Crippen molar-refractivity contribution in [2.45, 2.75) is 59.1 Å². The van der Waals surface area contributed by atoms with E-state index < -0.39 is 28.4 Å². The SMILES string of the molecule is C[C@@H](COC(C)(C)C)NCCc1ccc(-n2c(N)c(C(=O)C3(C)CC=C(F)C=C3F)ccc2=O)cc1. The first-order valence-electron chi connectivity index (χ1n) is 12.1. The molecule has 0 aliphatic heterocycles. The van der Waals surface area contributed by atoms with Crippen molar-refractivity contribution in [2.24, 2.45) is 5.41 Å². The van der Waals surface area contributed by atoms with E-state index in [1.807, 2.05) is 32.9 Å². The summed E-state index contributed by atoms with van der Waals surface area (Å²) < 4.78 is 35.0. The molecule has 8 heteroatoms. The summed E-state index contributed by atoms with van der Waals surface area (Å²) in [4.78, 5) is 25.9. The second-order valence-electron chi connectivity index (χ2n) is 10.4. The number of hydrogen-bond donors (Lipinski definition) is 2. The summed E-state index contributed by atoms with van der Waals surface area (Å²) >= 11 is 0. The molecule has 0 fully saturated rings. The largest absolute Gasteiger partial charge is 0.384 e. The van der Waals surface area contributed by atoms with Crippen LogP contribution in [0.1, 0.15) is 57.0 Å². The second kappa shape index (κ2) is 10.9. The van der Waals surface area contributed by atoms with Gasteiger partial charge in [0, 0.05) is 18.2 Å². The first-order chi connectivity index (χ1) is 16.8. The molecule has 0 amide bonds. The standard InChI is InChI=1S/C28H35F2N3O3/c1-18(17-36-27(2,3)4)32-15-13-19-6-8-21(9-7-19)33-24(34)11-10-22(26(33)31)25(35)28(5)14-12-20(29)16-23(28)30/h6-12,16,18,32H,13-15,17,31H2,1-5H3/t18-,28?/m0/s1. The fraction of sp³-hybridized carbons (Fsp3) is 0.429. The lowest BCUT2D eigenvalue weighted by Crippen LogP contribution is -2.35. The quantitative estimate of drug-likeness (QED) is 0.472. The predicted octanol–water partition coefficient (Wildman–Crippen LogP) is 5.05. The minimum atomic E-state index is -1.59. The van der Waals surface area contributed by atoms with Gasteiger partial charge in [-0.25, -0.2) is 8.78 Å². The normalized spacial score (nSPS) is 19.0. The van der Waals surface area contributed by atoms with E-state index in [0.29, 0.717) is 18.4 Å². The zero-order valence-electron chi connectivity index (χ0n) is 21.5. The number of hydrogen-bond acceptors (Lipinski definition) is 5. The molecule has 0 saturated heterocycles. The smallest absolute Gasteiger partial charge is 0.256 e. The van der Waals surface area contributed by atoms with Gasteiger partial charge in [-0.05, 0) is 83.8 Å². The lowest BCUT2D eigenvalue weighted by Gasteiger charge is -2.28. The van der Waals surface area contributed by atoms with Crippen LogP contribution in [0.3, 0.4) is 0 Å². The average molecular weight is 500 g/mol. The minimum absolute atomic E-state index is 0.0103. The first kappa shape index (κ1) is 27.5. The number of carbonyl (C=O) groups excluding carboxylic acids is 1. The van der Waals surface area contributed by atoms with E-state index in [1.54, 1.807) is 12.1 Å². The lowest BCUT2D eigenvalue weighted by atomic mass is 9.76. The number of rotatable bonds is 9. The van der Waals surface area contributed by atoms with Gasteiger partial charge in [-0.15, -0.1) is 0 Å². The van der Waals surface area contributed by atoms with E-state index in [9.17, 15) is 18.4 Å². The Morgan fingerprint density at radius 3 is 2.47 bits per heavy atom. The van der Waals surface area contributed by atoms with Crippen molar-refractivity contribution < 1.29 is 18.3 Å². The third-order valence-electron chi connectivity index (χ3n) is 6.24. The molecule has 1 heterocycles. The Balaban J connectivity index is 1.74. The Morgan fingerprint density at radius 2 is 1.86 bits per heavy atom. The third kappa shape index (κ3) is 6.36. The van der Waals surface area contributed by atoms with Gasteiger partial charge in [-0.2, -0.15) is 0 Å². The van der Waals surface area contributed by atoms with E-state index in [2.05, 4.69) is 12.2 Å². The van der Waals surface area contributed by atoms with Gasteiger partial charge < -0.3 is 15.8 Å². The Bertz CT molecular complexity index is 1230. The fourth-order valence-electron chi connectivity index (χ4n) is 3.96. The van der Waals surface area contributed by atoms with Crippen LogP contribution in [-0.4, -0.2) is 35.1 Å². The number of ketones is 1. The zero-order valence-corrected chi connectivity index (χ0v) is 21.5. The molecule has 2 aromatic rings. The van der Waals surface area contributed by atoms with Gasteiger partial charge in [-0.3, -0.25) is 14.2 Å². The van der Waals surface area contributed by atoms with Crippen molar-refractivity contribution in [1.82, 2.24) is 9.88 Å². The predicted molar refractivity (Wildman–Crippen MR) is 139 cm³/mol. The number of aromatic nitrogens is 1. The zero-order chi connectivity index (χ0) is 26.7. The molecule has 3 N–H and O–H groups in total. The second-order valence-corrected chi connectivity index (χ2v) is 10.4. The van der Waals surface area contributed by atoms with Crippen LogP contribution >= 0.6 is 0 Å². The molecule has 0 saturated carbocycles. The molecule has 0 spiro atoms. The summed E-state index contributed by atoms with van der Waals surface area (Å²) in [5.74, 6) is -2.29. The van der Waals surface area contributed by atoms with Gasteiger partial charge >= 0.3 is 0 Å². The highest BCUT2D eigenvalue weighted by Crippen LogP contribution is 2.41. The lowest BCUT2D eigenvalue weighted by molar-refractivity contribution is -0.0121. The number of benzene rings is 1. The summed E-state index contributed by atoms with van der Waals surface area (Å²) in [6, 6.07) is 10.0. The number of ether oxygens (including phenoxy) is 1. The third-order valence-corrected chi connectivity index (χ3v) is 6.24. The highest BCUT2D eigenvalue weighted by Gasteiger charge is 2.41. The molecule has 1 aromatic heterocycles. The van der Waals surface area contributed by atoms with Gasteiger partial charge in [0.15, 0.2) is 5.78 Å². The van der Waals surface area contributed by atoms with E-state index in [4.69, 9.17) is 10.5 Å².